The number of carbonyl (C=O) groups is 1. The van der Waals surface area contributed by atoms with Crippen molar-refractivity contribution in [2.75, 3.05) is 14.2 Å². The fraction of sp³-hybridized carbons (Fsp3) is 0.417. The fourth-order valence-corrected chi connectivity index (χ4v) is 1.57. The van der Waals surface area contributed by atoms with Crippen LogP contribution >= 0.6 is 0 Å². The van der Waals surface area contributed by atoms with Gasteiger partial charge in [-0.05, 0) is 12.5 Å². The second-order valence-corrected chi connectivity index (χ2v) is 3.49. The maximum absolute atomic E-state index is 11.1. The van der Waals surface area contributed by atoms with E-state index in [1.807, 2.05) is 19.1 Å². The lowest BCUT2D eigenvalue weighted by Crippen LogP contribution is -2.09. The Labute approximate surface area is 94.8 Å². The Morgan fingerprint density at radius 3 is 2.69 bits per heavy atom. The molecule has 1 aromatic rings. The van der Waals surface area contributed by atoms with Gasteiger partial charge in [-0.1, -0.05) is 18.2 Å². The Hall–Kier alpha value is -1.55. The van der Waals surface area contributed by atoms with Crippen molar-refractivity contribution in [3.8, 4) is 5.75 Å². The van der Waals surface area contributed by atoms with Gasteiger partial charge in [0, 0.05) is 5.56 Å². The second-order valence-electron chi connectivity index (χ2n) is 3.49. The van der Waals surface area contributed by atoms with E-state index >= 15 is 0 Å². The van der Waals surface area contributed by atoms with Gasteiger partial charge in [0.05, 0.1) is 26.7 Å². The van der Waals surface area contributed by atoms with Gasteiger partial charge in [0.1, 0.15) is 5.75 Å². The van der Waals surface area contributed by atoms with Crippen molar-refractivity contribution in [1.29, 1.82) is 0 Å². The lowest BCUT2D eigenvalue weighted by atomic mass is 10.0. The number of hydrogen-bond acceptors (Lipinski definition) is 4. The van der Waals surface area contributed by atoms with Gasteiger partial charge < -0.3 is 14.6 Å². The average Bonchev–Trinajstić information content (AvgIpc) is 2.28. The smallest absolute Gasteiger partial charge is 0.308 e. The van der Waals surface area contributed by atoms with Crippen LogP contribution in [0, 0.1) is 6.92 Å². The zero-order chi connectivity index (χ0) is 12.1. The number of ether oxygens (including phenoxy) is 2. The van der Waals surface area contributed by atoms with E-state index in [9.17, 15) is 9.90 Å². The van der Waals surface area contributed by atoms with Gasteiger partial charge in [-0.25, -0.2) is 0 Å². The second kappa shape index (κ2) is 5.51. The summed E-state index contributed by atoms with van der Waals surface area (Å²) in [6, 6.07) is 5.43. The first-order valence-corrected chi connectivity index (χ1v) is 4.98. The molecule has 0 fully saturated rings. The summed E-state index contributed by atoms with van der Waals surface area (Å²) in [6.45, 7) is 1.88. The van der Waals surface area contributed by atoms with Gasteiger partial charge in [-0.3, -0.25) is 4.79 Å². The van der Waals surface area contributed by atoms with Crippen LogP contribution in [-0.2, 0) is 9.53 Å². The van der Waals surface area contributed by atoms with Crippen molar-refractivity contribution in [2.45, 2.75) is 19.4 Å². The van der Waals surface area contributed by atoms with E-state index < -0.39 is 12.1 Å². The molecule has 0 unspecified atom stereocenters. The molecule has 1 aromatic carbocycles. The Balaban J connectivity index is 2.94. The summed E-state index contributed by atoms with van der Waals surface area (Å²) in [5.41, 5.74) is 1.52. The van der Waals surface area contributed by atoms with Gasteiger partial charge in [-0.15, -0.1) is 0 Å². The van der Waals surface area contributed by atoms with Crippen LogP contribution in [-0.4, -0.2) is 25.3 Å². The lowest BCUT2D eigenvalue weighted by molar-refractivity contribution is -0.142. The Morgan fingerprint density at radius 2 is 2.12 bits per heavy atom. The van der Waals surface area contributed by atoms with E-state index in [4.69, 9.17) is 4.74 Å². The molecule has 1 atom stereocenters. The van der Waals surface area contributed by atoms with E-state index in [2.05, 4.69) is 4.74 Å². The van der Waals surface area contributed by atoms with E-state index in [0.29, 0.717) is 11.3 Å². The summed E-state index contributed by atoms with van der Waals surface area (Å²) in [5.74, 6) is 0.162. The van der Waals surface area contributed by atoms with Crippen molar-refractivity contribution < 1.29 is 19.4 Å². The molecule has 0 aliphatic heterocycles. The van der Waals surface area contributed by atoms with Gasteiger partial charge in [0.25, 0.3) is 0 Å². The molecule has 4 heteroatoms. The number of esters is 1. The number of methoxy groups -OCH3 is 2. The highest BCUT2D eigenvalue weighted by Crippen LogP contribution is 2.30. The van der Waals surface area contributed by atoms with Crippen LogP contribution in [0.5, 0.6) is 5.75 Å². The van der Waals surface area contributed by atoms with Crippen LogP contribution in [0.2, 0.25) is 0 Å². The third kappa shape index (κ3) is 2.73. The number of para-hydroxylation sites is 1. The topological polar surface area (TPSA) is 55.8 Å². The zero-order valence-corrected chi connectivity index (χ0v) is 9.69. The van der Waals surface area contributed by atoms with Crippen LogP contribution in [0.4, 0.5) is 0 Å². The van der Waals surface area contributed by atoms with E-state index in [0.717, 1.165) is 5.56 Å². The van der Waals surface area contributed by atoms with Gasteiger partial charge in [0.15, 0.2) is 0 Å². The molecule has 1 rings (SSSR count). The van der Waals surface area contributed by atoms with E-state index in [-0.39, 0.29) is 6.42 Å². The Kier molecular flexibility index (Phi) is 4.31. The number of carbonyl (C=O) groups excluding carboxylic acids is 1. The van der Waals surface area contributed by atoms with Crippen LogP contribution in [0.25, 0.3) is 0 Å². The van der Waals surface area contributed by atoms with Crippen LogP contribution in [0.15, 0.2) is 18.2 Å². The molecule has 0 amide bonds. The number of aryl methyl sites for hydroxylation is 1. The highest BCUT2D eigenvalue weighted by atomic mass is 16.5. The van der Waals surface area contributed by atoms with E-state index in [1.54, 1.807) is 6.07 Å². The van der Waals surface area contributed by atoms with Crippen molar-refractivity contribution in [3.05, 3.63) is 29.3 Å². The molecule has 88 valence electrons. The number of benzene rings is 1. The Bertz CT molecular complexity index is 373. The standard InChI is InChI=1S/C12H16O4/c1-8-5-4-6-9(12(8)16-3)10(13)7-11(14)15-2/h4-6,10,13H,7H2,1-3H3/t10-/m1/s1. The molecule has 0 bridgehead atoms. The number of rotatable bonds is 4. The quantitative estimate of drug-likeness (QED) is 0.789. The average molecular weight is 224 g/mol. The molecular weight excluding hydrogens is 208 g/mol. The van der Waals surface area contributed by atoms with Crippen LogP contribution < -0.4 is 4.74 Å². The monoisotopic (exact) mass is 224 g/mol. The minimum absolute atomic E-state index is 0.0731. The minimum Gasteiger partial charge on any atom is -0.496 e. The third-order valence-corrected chi connectivity index (χ3v) is 2.39. The van der Waals surface area contributed by atoms with Crippen molar-refractivity contribution >= 4 is 5.97 Å². The predicted molar refractivity (Wildman–Crippen MR) is 59.3 cm³/mol. The van der Waals surface area contributed by atoms with E-state index in [1.165, 1.54) is 14.2 Å². The zero-order valence-electron chi connectivity index (χ0n) is 9.69. The third-order valence-electron chi connectivity index (χ3n) is 2.39. The highest BCUT2D eigenvalue weighted by molar-refractivity contribution is 5.70. The highest BCUT2D eigenvalue weighted by Gasteiger charge is 2.18. The first-order chi connectivity index (χ1) is 7.60. The summed E-state index contributed by atoms with van der Waals surface area (Å²) in [5, 5.41) is 9.88. The molecule has 0 saturated carbocycles. The molecule has 16 heavy (non-hydrogen) atoms. The molecule has 0 radical (unpaired) electrons. The number of hydrogen-bond donors (Lipinski definition) is 1. The largest absolute Gasteiger partial charge is 0.496 e. The first-order valence-electron chi connectivity index (χ1n) is 4.98. The summed E-state index contributed by atoms with van der Waals surface area (Å²) in [4.78, 5) is 11.1. The molecule has 0 aliphatic carbocycles. The molecular formula is C12H16O4. The van der Waals surface area contributed by atoms with Gasteiger partial charge in [-0.2, -0.15) is 0 Å². The SMILES string of the molecule is COC(=O)C[C@@H](O)c1cccc(C)c1OC. The van der Waals surface area contributed by atoms with Crippen LogP contribution in [0.1, 0.15) is 23.7 Å². The maximum Gasteiger partial charge on any atom is 0.308 e. The Morgan fingerprint density at radius 1 is 1.44 bits per heavy atom. The number of aliphatic hydroxyl groups is 1. The molecule has 0 aromatic heterocycles. The molecule has 4 nitrogen and oxygen atoms in total. The van der Waals surface area contributed by atoms with Gasteiger partial charge in [0.2, 0.25) is 0 Å². The molecule has 0 spiro atoms. The molecule has 1 N–H and O–H groups in total. The van der Waals surface area contributed by atoms with Crippen molar-refractivity contribution in [2.24, 2.45) is 0 Å². The molecule has 0 saturated heterocycles. The predicted octanol–water partition coefficient (Wildman–Crippen LogP) is 1.60. The van der Waals surface area contributed by atoms with Crippen molar-refractivity contribution in [1.82, 2.24) is 0 Å². The first kappa shape index (κ1) is 12.5. The molecule has 0 heterocycles. The van der Waals surface area contributed by atoms with Gasteiger partial charge >= 0.3 is 5.97 Å². The summed E-state index contributed by atoms with van der Waals surface area (Å²) in [7, 11) is 2.83. The normalized spacial score (nSPS) is 12.0. The summed E-state index contributed by atoms with van der Waals surface area (Å²) >= 11 is 0. The lowest BCUT2D eigenvalue weighted by Gasteiger charge is -2.15. The maximum atomic E-state index is 11.1. The summed E-state index contributed by atoms with van der Waals surface area (Å²) in [6.07, 6.45) is -0.974. The minimum atomic E-state index is -0.901. The molecule has 0 aliphatic rings. The van der Waals surface area contributed by atoms with Crippen molar-refractivity contribution in [3.63, 3.8) is 0 Å². The van der Waals surface area contributed by atoms with Crippen LogP contribution in [0.3, 0.4) is 0 Å². The summed E-state index contributed by atoms with van der Waals surface area (Å²) < 4.78 is 9.71. The number of aliphatic hydroxyl groups excluding tert-OH is 1. The fourth-order valence-electron chi connectivity index (χ4n) is 1.57.